The molecule has 180 valence electrons. The van der Waals surface area contributed by atoms with Gasteiger partial charge in [-0.2, -0.15) is 5.10 Å². The average molecular weight is 493 g/mol. The summed E-state index contributed by atoms with van der Waals surface area (Å²) < 4.78 is 5.49. The molecule has 0 aliphatic carbocycles. The maximum Gasteiger partial charge on any atom is 0.329 e. The van der Waals surface area contributed by atoms with Crippen LogP contribution in [-0.2, 0) is 20.8 Å². The molecular weight excluding hydrogens is 468 g/mol. The molecule has 0 saturated carbocycles. The number of amides is 3. The number of hydrogen-bond donors (Lipinski definition) is 3. The molecule has 0 aliphatic heterocycles. The minimum atomic E-state index is -0.918. The van der Waals surface area contributed by atoms with E-state index in [2.05, 4.69) is 21.2 Å². The Morgan fingerprint density at radius 1 is 0.971 bits per heavy atom. The van der Waals surface area contributed by atoms with Gasteiger partial charge in [0, 0.05) is 17.3 Å². The molecule has 0 aromatic heterocycles. The lowest BCUT2D eigenvalue weighted by Crippen LogP contribution is -2.32. The lowest BCUT2D eigenvalue weighted by Gasteiger charge is -2.08. The second-order valence-electron chi connectivity index (χ2n) is 7.56. The smallest absolute Gasteiger partial charge is 0.329 e. The number of nitrogens with zero attached hydrogens (tertiary/aromatic N) is 1. The first kappa shape index (κ1) is 25.5. The maximum atomic E-state index is 12.0. The molecule has 9 heteroatoms. The van der Waals surface area contributed by atoms with E-state index in [1.54, 1.807) is 49.4 Å². The summed E-state index contributed by atoms with van der Waals surface area (Å²) >= 11 is 5.91. The van der Waals surface area contributed by atoms with Crippen LogP contribution < -0.4 is 20.8 Å². The predicted molar refractivity (Wildman–Crippen MR) is 136 cm³/mol. The van der Waals surface area contributed by atoms with E-state index in [1.165, 1.54) is 6.21 Å². The first-order valence-corrected chi connectivity index (χ1v) is 11.2. The van der Waals surface area contributed by atoms with Crippen LogP contribution in [0.2, 0.25) is 5.02 Å². The van der Waals surface area contributed by atoms with E-state index in [4.69, 9.17) is 16.3 Å². The van der Waals surface area contributed by atoms with Gasteiger partial charge in [-0.05, 0) is 66.4 Å². The minimum absolute atomic E-state index is 0.0977. The maximum absolute atomic E-state index is 12.0. The summed E-state index contributed by atoms with van der Waals surface area (Å²) in [5.74, 6) is -1.47. The number of nitrogens with one attached hydrogen (secondary N) is 3. The number of hydrazone groups is 1. The molecule has 0 fully saturated rings. The number of rotatable bonds is 9. The molecule has 0 unspecified atom stereocenters. The van der Waals surface area contributed by atoms with Crippen LogP contribution in [0.5, 0.6) is 5.75 Å². The summed E-state index contributed by atoms with van der Waals surface area (Å²) in [6.45, 7) is 2.22. The lowest BCUT2D eigenvalue weighted by molar-refractivity contribution is -0.136. The molecule has 0 bridgehead atoms. The summed E-state index contributed by atoms with van der Waals surface area (Å²) in [5.41, 5.74) is 5.20. The highest BCUT2D eigenvalue weighted by molar-refractivity contribution is 6.40. The van der Waals surface area contributed by atoms with Gasteiger partial charge < -0.3 is 15.4 Å². The van der Waals surface area contributed by atoms with Crippen molar-refractivity contribution in [2.75, 3.05) is 18.5 Å². The van der Waals surface area contributed by atoms with Gasteiger partial charge in [-0.3, -0.25) is 14.4 Å². The fourth-order valence-electron chi connectivity index (χ4n) is 2.97. The Bertz CT molecular complexity index is 1200. The van der Waals surface area contributed by atoms with Gasteiger partial charge in [0.25, 0.3) is 5.91 Å². The van der Waals surface area contributed by atoms with E-state index in [1.807, 2.05) is 30.3 Å². The Morgan fingerprint density at radius 3 is 2.46 bits per heavy atom. The van der Waals surface area contributed by atoms with Crippen molar-refractivity contribution in [1.29, 1.82) is 0 Å². The monoisotopic (exact) mass is 492 g/mol. The summed E-state index contributed by atoms with van der Waals surface area (Å²) in [6.07, 6.45) is 2.13. The van der Waals surface area contributed by atoms with Gasteiger partial charge in [-0.25, -0.2) is 5.43 Å². The third-order valence-corrected chi connectivity index (χ3v) is 5.10. The largest absolute Gasteiger partial charge is 0.484 e. The zero-order valence-corrected chi connectivity index (χ0v) is 19.8. The first-order valence-electron chi connectivity index (χ1n) is 10.8. The molecule has 3 aromatic carbocycles. The number of carbonyl (C=O) groups excluding carboxylic acids is 3. The van der Waals surface area contributed by atoms with Gasteiger partial charge in [0.05, 0.1) is 6.21 Å². The van der Waals surface area contributed by atoms with E-state index in [0.717, 1.165) is 17.5 Å². The van der Waals surface area contributed by atoms with Gasteiger partial charge >= 0.3 is 11.8 Å². The molecule has 0 saturated heterocycles. The molecule has 35 heavy (non-hydrogen) atoms. The van der Waals surface area contributed by atoms with Crippen molar-refractivity contribution in [3.63, 3.8) is 0 Å². The van der Waals surface area contributed by atoms with Crippen LogP contribution in [0.25, 0.3) is 0 Å². The van der Waals surface area contributed by atoms with Gasteiger partial charge in [0.1, 0.15) is 5.75 Å². The molecule has 3 N–H and O–H groups in total. The highest BCUT2D eigenvalue weighted by Crippen LogP contribution is 2.20. The number of aryl methyl sites for hydroxylation is 1. The number of anilines is 1. The van der Waals surface area contributed by atoms with Gasteiger partial charge in [-0.1, -0.05) is 48.0 Å². The van der Waals surface area contributed by atoms with Gasteiger partial charge in [0.2, 0.25) is 0 Å². The van der Waals surface area contributed by atoms with Gasteiger partial charge in [-0.15, -0.1) is 0 Å². The van der Waals surface area contributed by atoms with Crippen molar-refractivity contribution in [3.8, 4) is 5.75 Å². The van der Waals surface area contributed by atoms with Crippen LogP contribution >= 0.6 is 11.6 Å². The van der Waals surface area contributed by atoms with Crippen LogP contribution in [0.4, 0.5) is 5.69 Å². The summed E-state index contributed by atoms with van der Waals surface area (Å²) in [5, 5.41) is 9.54. The quantitative estimate of drug-likeness (QED) is 0.241. The second-order valence-corrected chi connectivity index (χ2v) is 7.99. The third kappa shape index (κ3) is 8.60. The molecule has 8 nitrogen and oxygen atoms in total. The Kier molecular flexibility index (Phi) is 9.39. The third-order valence-electron chi connectivity index (χ3n) is 4.86. The minimum Gasteiger partial charge on any atom is -0.484 e. The summed E-state index contributed by atoms with van der Waals surface area (Å²) in [6, 6.07) is 21.6. The van der Waals surface area contributed by atoms with Crippen LogP contribution in [-0.4, -0.2) is 37.1 Å². The van der Waals surface area contributed by atoms with Crippen molar-refractivity contribution in [1.82, 2.24) is 10.7 Å². The predicted octanol–water partition coefficient (Wildman–Crippen LogP) is 3.47. The van der Waals surface area contributed by atoms with Crippen molar-refractivity contribution >= 4 is 41.2 Å². The van der Waals surface area contributed by atoms with E-state index in [9.17, 15) is 14.4 Å². The SMILES string of the molecule is Cc1ccc(Cl)cc1NC(=O)C(=O)N/N=C\c1ccc(OCC(=O)NCCc2ccccc2)cc1. The van der Waals surface area contributed by atoms with Crippen molar-refractivity contribution < 1.29 is 19.1 Å². The zero-order chi connectivity index (χ0) is 25.0. The molecule has 3 aromatic rings. The van der Waals surface area contributed by atoms with Crippen LogP contribution in [0.3, 0.4) is 0 Å². The molecule has 3 amide bonds. The number of halogens is 1. The Balaban J connectivity index is 1.38. The van der Waals surface area contributed by atoms with Crippen molar-refractivity contribution in [2.24, 2.45) is 5.10 Å². The standard InChI is InChI=1S/C26H25ClN4O4/c1-18-7-10-21(27)15-23(18)30-25(33)26(34)31-29-16-20-8-11-22(12-9-20)35-17-24(32)28-14-13-19-5-3-2-4-6-19/h2-12,15-16H,13-14,17H2,1H3,(H,28,32)(H,30,33)(H,31,34)/b29-16-. The number of benzene rings is 3. The summed E-state index contributed by atoms with van der Waals surface area (Å²) in [7, 11) is 0. The normalized spacial score (nSPS) is 10.6. The van der Waals surface area contributed by atoms with E-state index >= 15 is 0 Å². The fraction of sp³-hybridized carbons (Fsp3) is 0.154. The molecule has 0 aliphatic rings. The molecule has 0 heterocycles. The lowest BCUT2D eigenvalue weighted by atomic mass is 10.1. The van der Waals surface area contributed by atoms with E-state index < -0.39 is 11.8 Å². The van der Waals surface area contributed by atoms with Gasteiger partial charge in [0.15, 0.2) is 6.61 Å². The molecular formula is C26H25ClN4O4. The average Bonchev–Trinajstić information content (AvgIpc) is 2.86. The number of hydrogen-bond acceptors (Lipinski definition) is 5. The molecule has 0 radical (unpaired) electrons. The Hall–Kier alpha value is -4.17. The highest BCUT2D eigenvalue weighted by Gasteiger charge is 2.14. The van der Waals surface area contributed by atoms with E-state index in [0.29, 0.717) is 28.6 Å². The Morgan fingerprint density at radius 2 is 1.71 bits per heavy atom. The fourth-order valence-corrected chi connectivity index (χ4v) is 3.14. The number of ether oxygens (including phenoxy) is 1. The second kappa shape index (κ2) is 12.9. The molecule has 3 rings (SSSR count). The molecule has 0 atom stereocenters. The van der Waals surface area contributed by atoms with Crippen LogP contribution in [0.1, 0.15) is 16.7 Å². The molecule has 0 spiro atoms. The summed E-state index contributed by atoms with van der Waals surface area (Å²) in [4.78, 5) is 36.0. The Labute approximate surface area is 208 Å². The van der Waals surface area contributed by atoms with Crippen molar-refractivity contribution in [2.45, 2.75) is 13.3 Å². The number of carbonyl (C=O) groups is 3. The zero-order valence-electron chi connectivity index (χ0n) is 19.1. The van der Waals surface area contributed by atoms with Crippen LogP contribution in [0, 0.1) is 6.92 Å². The first-order chi connectivity index (χ1) is 16.9. The van der Waals surface area contributed by atoms with Crippen molar-refractivity contribution in [3.05, 3.63) is 94.5 Å². The topological polar surface area (TPSA) is 109 Å². The van der Waals surface area contributed by atoms with E-state index in [-0.39, 0.29) is 12.5 Å². The van der Waals surface area contributed by atoms with Crippen LogP contribution in [0.15, 0.2) is 77.9 Å². The highest BCUT2D eigenvalue weighted by atomic mass is 35.5.